The molecular weight excluding hydrogens is 474 g/mol. The number of nitrogens with one attached hydrogen (secondary N) is 1. The van der Waals surface area contributed by atoms with Crippen LogP contribution in [0.1, 0.15) is 18.1 Å². The summed E-state index contributed by atoms with van der Waals surface area (Å²) in [6, 6.07) is 23.2. The number of hydrogen-bond acceptors (Lipinski definition) is 7. The first-order chi connectivity index (χ1) is 17.6. The molecule has 4 aromatic rings. The molecule has 8 nitrogen and oxygen atoms in total. The summed E-state index contributed by atoms with van der Waals surface area (Å²) in [5, 5.41) is 13.5. The fourth-order valence-electron chi connectivity index (χ4n) is 3.38. The Labute approximate surface area is 214 Å². The number of rotatable bonds is 10. The fourth-order valence-corrected chi connectivity index (χ4v) is 4.12. The highest BCUT2D eigenvalue weighted by Crippen LogP contribution is 2.29. The number of aromatic nitrogens is 3. The number of carbonyl (C=O) groups excluding carboxylic acids is 1. The summed E-state index contributed by atoms with van der Waals surface area (Å²) in [4.78, 5) is 12.4. The smallest absolute Gasteiger partial charge is 0.250 e. The van der Waals surface area contributed by atoms with Crippen molar-refractivity contribution in [1.29, 1.82) is 0 Å². The Morgan fingerprint density at radius 2 is 1.69 bits per heavy atom. The normalized spacial score (nSPS) is 11.0. The first-order valence-electron chi connectivity index (χ1n) is 11.4. The molecule has 9 heteroatoms. The molecule has 3 aromatic carbocycles. The van der Waals surface area contributed by atoms with Gasteiger partial charge in [-0.15, -0.1) is 10.2 Å². The molecule has 0 spiro atoms. The van der Waals surface area contributed by atoms with Crippen LogP contribution in [0.25, 0.3) is 17.1 Å². The monoisotopic (exact) mass is 501 g/mol. The van der Waals surface area contributed by atoms with Gasteiger partial charge in [0.2, 0.25) is 0 Å². The number of thioether (sulfide) groups is 1. The second-order valence-corrected chi connectivity index (χ2v) is 8.73. The van der Waals surface area contributed by atoms with E-state index in [2.05, 4.69) is 20.7 Å². The van der Waals surface area contributed by atoms with Crippen molar-refractivity contribution < 1.29 is 14.3 Å². The third-order valence-electron chi connectivity index (χ3n) is 5.20. The van der Waals surface area contributed by atoms with Crippen molar-refractivity contribution in [3.63, 3.8) is 0 Å². The molecule has 36 heavy (non-hydrogen) atoms. The van der Waals surface area contributed by atoms with E-state index < -0.39 is 0 Å². The minimum Gasteiger partial charge on any atom is -0.497 e. The Morgan fingerprint density at radius 3 is 2.36 bits per heavy atom. The summed E-state index contributed by atoms with van der Waals surface area (Å²) in [5.74, 6) is 2.12. The Morgan fingerprint density at radius 1 is 1.00 bits per heavy atom. The van der Waals surface area contributed by atoms with E-state index in [0.717, 1.165) is 33.9 Å². The van der Waals surface area contributed by atoms with Gasteiger partial charge in [0.05, 0.1) is 25.7 Å². The van der Waals surface area contributed by atoms with E-state index in [1.807, 2.05) is 91.2 Å². The minimum absolute atomic E-state index is 0.132. The number of benzene rings is 3. The number of hydrogen-bond donors (Lipinski definition) is 1. The maximum absolute atomic E-state index is 12.4. The molecule has 1 heterocycles. The van der Waals surface area contributed by atoms with Gasteiger partial charge < -0.3 is 9.47 Å². The molecular formula is C27H27N5O3S. The lowest BCUT2D eigenvalue weighted by Gasteiger charge is -2.11. The summed E-state index contributed by atoms with van der Waals surface area (Å²) >= 11 is 1.29. The van der Waals surface area contributed by atoms with Crippen LogP contribution in [0.5, 0.6) is 11.5 Å². The van der Waals surface area contributed by atoms with Crippen LogP contribution >= 0.6 is 11.8 Å². The van der Waals surface area contributed by atoms with Crippen molar-refractivity contribution in [3.8, 4) is 28.6 Å². The summed E-state index contributed by atoms with van der Waals surface area (Å²) in [5.41, 5.74) is 6.37. The molecule has 0 saturated heterocycles. The zero-order chi connectivity index (χ0) is 25.3. The van der Waals surface area contributed by atoms with E-state index in [4.69, 9.17) is 9.47 Å². The van der Waals surface area contributed by atoms with Crippen molar-refractivity contribution in [2.75, 3.05) is 19.5 Å². The summed E-state index contributed by atoms with van der Waals surface area (Å²) in [6.07, 6.45) is 1.59. The summed E-state index contributed by atoms with van der Waals surface area (Å²) in [6.45, 7) is 4.58. The molecule has 0 aliphatic rings. The Hall–Kier alpha value is -4.11. The predicted octanol–water partition coefficient (Wildman–Crippen LogP) is 4.89. The van der Waals surface area contributed by atoms with Crippen LogP contribution in [-0.2, 0) is 4.79 Å². The number of amides is 1. The Bertz CT molecular complexity index is 1320. The fraction of sp³-hybridized carbons (Fsp3) is 0.185. The number of nitrogens with zero attached hydrogens (tertiary/aromatic N) is 4. The quantitative estimate of drug-likeness (QED) is 0.189. The molecule has 0 aliphatic heterocycles. The second-order valence-electron chi connectivity index (χ2n) is 7.79. The van der Waals surface area contributed by atoms with Crippen LogP contribution in [0.3, 0.4) is 0 Å². The molecule has 0 fully saturated rings. The van der Waals surface area contributed by atoms with E-state index in [-0.39, 0.29) is 11.7 Å². The number of ether oxygens (including phenoxy) is 2. The summed E-state index contributed by atoms with van der Waals surface area (Å²) < 4.78 is 12.6. The van der Waals surface area contributed by atoms with Gasteiger partial charge in [-0.2, -0.15) is 5.10 Å². The highest BCUT2D eigenvalue weighted by Gasteiger charge is 2.17. The van der Waals surface area contributed by atoms with Crippen LogP contribution in [-0.4, -0.2) is 46.4 Å². The van der Waals surface area contributed by atoms with Crippen molar-refractivity contribution in [1.82, 2.24) is 20.2 Å². The van der Waals surface area contributed by atoms with Crippen LogP contribution < -0.4 is 14.9 Å². The molecule has 0 unspecified atom stereocenters. The third-order valence-corrected chi connectivity index (χ3v) is 6.13. The Balaban J connectivity index is 1.46. The van der Waals surface area contributed by atoms with Gasteiger partial charge >= 0.3 is 0 Å². The molecule has 184 valence electrons. The molecule has 1 N–H and O–H groups in total. The molecule has 1 aromatic heterocycles. The van der Waals surface area contributed by atoms with Gasteiger partial charge in [0.1, 0.15) is 11.5 Å². The molecule has 1 amide bonds. The van der Waals surface area contributed by atoms with E-state index >= 15 is 0 Å². The van der Waals surface area contributed by atoms with Crippen molar-refractivity contribution >= 4 is 23.9 Å². The minimum atomic E-state index is -0.244. The van der Waals surface area contributed by atoms with Crippen molar-refractivity contribution in [2.45, 2.75) is 19.0 Å². The average Bonchev–Trinajstić information content (AvgIpc) is 3.33. The lowest BCUT2D eigenvalue weighted by atomic mass is 10.2. The SMILES string of the molecule is CCOc1ccc(C=NNC(=O)CSc2nnc(-c3ccc(OC)cc3)n2-c2ccc(C)cc2)cc1. The second kappa shape index (κ2) is 12.0. The highest BCUT2D eigenvalue weighted by molar-refractivity contribution is 7.99. The molecule has 0 atom stereocenters. The van der Waals surface area contributed by atoms with Crippen LogP contribution in [0.4, 0.5) is 0 Å². The summed E-state index contributed by atoms with van der Waals surface area (Å²) in [7, 11) is 1.63. The lowest BCUT2D eigenvalue weighted by molar-refractivity contribution is -0.118. The number of aryl methyl sites for hydroxylation is 1. The van der Waals surface area contributed by atoms with E-state index in [0.29, 0.717) is 17.6 Å². The molecule has 0 bridgehead atoms. The van der Waals surface area contributed by atoms with Gasteiger partial charge in [-0.05, 0) is 80.1 Å². The van der Waals surface area contributed by atoms with Gasteiger partial charge in [0.15, 0.2) is 11.0 Å². The van der Waals surface area contributed by atoms with Crippen LogP contribution in [0, 0.1) is 6.92 Å². The molecule has 0 aliphatic carbocycles. The average molecular weight is 502 g/mol. The maximum atomic E-state index is 12.4. The zero-order valence-corrected chi connectivity index (χ0v) is 21.2. The standard InChI is InChI=1S/C27H27N5O3S/c1-4-35-24-13-7-20(8-14-24)17-28-29-25(33)18-36-27-31-30-26(21-9-15-23(34-3)16-10-21)32(27)22-11-5-19(2)6-12-22/h5-17H,4,18H2,1-3H3,(H,29,33). The number of carbonyl (C=O) groups is 1. The maximum Gasteiger partial charge on any atom is 0.250 e. The van der Waals surface area contributed by atoms with Crippen molar-refractivity contribution in [3.05, 3.63) is 83.9 Å². The van der Waals surface area contributed by atoms with Crippen LogP contribution in [0.2, 0.25) is 0 Å². The largest absolute Gasteiger partial charge is 0.497 e. The highest BCUT2D eigenvalue weighted by atomic mass is 32.2. The third kappa shape index (κ3) is 6.31. The Kier molecular flexibility index (Phi) is 8.36. The van der Waals surface area contributed by atoms with Gasteiger partial charge in [-0.1, -0.05) is 29.5 Å². The molecule has 0 saturated carbocycles. The number of methoxy groups -OCH3 is 1. The topological polar surface area (TPSA) is 90.6 Å². The van der Waals surface area contributed by atoms with Gasteiger partial charge in [-0.3, -0.25) is 9.36 Å². The van der Waals surface area contributed by atoms with Crippen LogP contribution in [0.15, 0.2) is 83.1 Å². The van der Waals surface area contributed by atoms with E-state index in [1.165, 1.54) is 11.8 Å². The van der Waals surface area contributed by atoms with Gasteiger partial charge in [-0.25, -0.2) is 5.43 Å². The number of hydrazone groups is 1. The molecule has 0 radical (unpaired) electrons. The van der Waals surface area contributed by atoms with Crippen molar-refractivity contribution in [2.24, 2.45) is 5.10 Å². The lowest BCUT2D eigenvalue weighted by Crippen LogP contribution is -2.20. The molecule has 4 rings (SSSR count). The zero-order valence-electron chi connectivity index (χ0n) is 20.3. The first-order valence-corrected chi connectivity index (χ1v) is 12.4. The van der Waals surface area contributed by atoms with Gasteiger partial charge in [0, 0.05) is 11.3 Å². The predicted molar refractivity (Wildman–Crippen MR) is 142 cm³/mol. The van der Waals surface area contributed by atoms with Gasteiger partial charge in [0.25, 0.3) is 5.91 Å². The first kappa shape index (κ1) is 25.0. The van der Waals surface area contributed by atoms with E-state index in [9.17, 15) is 4.79 Å². The van der Waals surface area contributed by atoms with E-state index in [1.54, 1.807) is 13.3 Å².